The van der Waals surface area contributed by atoms with Gasteiger partial charge in [-0.2, -0.15) is 22.0 Å². The second kappa shape index (κ2) is 14.2. The summed E-state index contributed by atoms with van der Waals surface area (Å²) in [4.78, 5) is 0. The van der Waals surface area contributed by atoms with Gasteiger partial charge >= 0.3 is 12.1 Å². The van der Waals surface area contributed by atoms with E-state index in [1.165, 1.54) is 0 Å². The van der Waals surface area contributed by atoms with E-state index in [9.17, 15) is 36.4 Å². The van der Waals surface area contributed by atoms with Crippen LogP contribution in [0.2, 0.25) is 0 Å². The van der Waals surface area contributed by atoms with Crippen LogP contribution in [0.1, 0.15) is 61.6 Å². The number of benzene rings is 3. The molecule has 4 rings (SSSR count). The van der Waals surface area contributed by atoms with Crippen molar-refractivity contribution in [3.63, 3.8) is 0 Å². The fraction of sp³-hybridized carbons (Fsp3) is 0.455. The van der Waals surface area contributed by atoms with Crippen molar-refractivity contribution in [2.24, 2.45) is 0 Å². The molecule has 0 radical (unpaired) electrons. The molecule has 0 saturated heterocycles. The molecule has 5 nitrogen and oxygen atoms in total. The molecule has 0 aromatic heterocycles. The van der Waals surface area contributed by atoms with E-state index in [0.29, 0.717) is 24.5 Å². The minimum absolute atomic E-state index is 0.116. The molecule has 240 valence electrons. The SMILES string of the molecule is C[C@]1(c2ccc(O)cc2)COc2cc(O)ccc2[C@H]1CCCc1ccc(OCCCS(=O)CCCC(F)(F)C(F)(F)F)cc1. The molecule has 3 aromatic rings. The van der Waals surface area contributed by atoms with E-state index in [2.05, 4.69) is 6.92 Å². The lowest BCUT2D eigenvalue weighted by Gasteiger charge is -2.43. The fourth-order valence-corrected chi connectivity index (χ4v) is 6.69. The highest BCUT2D eigenvalue weighted by Crippen LogP contribution is 2.49. The number of alkyl halides is 5. The molecule has 11 heteroatoms. The Morgan fingerprint density at radius 1 is 0.909 bits per heavy atom. The van der Waals surface area contributed by atoms with Gasteiger partial charge in [0.05, 0.1) is 13.2 Å². The predicted octanol–water partition coefficient (Wildman–Crippen LogP) is 8.05. The summed E-state index contributed by atoms with van der Waals surface area (Å²) in [6, 6.07) is 20.1. The number of phenols is 2. The van der Waals surface area contributed by atoms with Crippen molar-refractivity contribution in [1.82, 2.24) is 0 Å². The molecule has 0 amide bonds. The van der Waals surface area contributed by atoms with Gasteiger partial charge in [0.1, 0.15) is 23.0 Å². The summed E-state index contributed by atoms with van der Waals surface area (Å²) >= 11 is 0. The number of aromatic hydroxyl groups is 2. The van der Waals surface area contributed by atoms with E-state index in [1.54, 1.807) is 24.3 Å². The summed E-state index contributed by atoms with van der Waals surface area (Å²) in [7, 11) is -1.50. The molecule has 0 spiro atoms. The van der Waals surface area contributed by atoms with E-state index in [4.69, 9.17) is 9.47 Å². The Labute approximate surface area is 256 Å². The maximum Gasteiger partial charge on any atom is 0.453 e. The number of aryl methyl sites for hydroxylation is 1. The van der Waals surface area contributed by atoms with Crippen LogP contribution < -0.4 is 9.47 Å². The molecule has 1 aliphatic heterocycles. The summed E-state index contributed by atoms with van der Waals surface area (Å²) in [5.74, 6) is -3.04. The summed E-state index contributed by atoms with van der Waals surface area (Å²) < 4.78 is 86.4. The zero-order valence-corrected chi connectivity index (χ0v) is 25.2. The van der Waals surface area contributed by atoms with Gasteiger partial charge in [0.25, 0.3) is 0 Å². The maximum atomic E-state index is 13.0. The molecule has 0 fully saturated rings. The second-order valence-electron chi connectivity index (χ2n) is 11.4. The highest BCUT2D eigenvalue weighted by Gasteiger charge is 2.56. The van der Waals surface area contributed by atoms with Crippen molar-refractivity contribution in [2.45, 2.75) is 68.9 Å². The lowest BCUT2D eigenvalue weighted by molar-refractivity contribution is -0.284. The number of ether oxygens (including phenoxy) is 2. The van der Waals surface area contributed by atoms with Crippen LogP contribution in [-0.4, -0.2) is 51.2 Å². The monoisotopic (exact) mass is 640 g/mol. The summed E-state index contributed by atoms with van der Waals surface area (Å²) in [5.41, 5.74) is 2.88. The molecule has 0 aliphatic carbocycles. The van der Waals surface area contributed by atoms with Gasteiger partial charge < -0.3 is 19.7 Å². The van der Waals surface area contributed by atoms with Gasteiger partial charge in [-0.1, -0.05) is 37.3 Å². The first-order chi connectivity index (χ1) is 20.8. The van der Waals surface area contributed by atoms with Crippen molar-refractivity contribution in [3.05, 3.63) is 83.4 Å². The third kappa shape index (κ3) is 8.43. The fourth-order valence-electron chi connectivity index (χ4n) is 5.58. The summed E-state index contributed by atoms with van der Waals surface area (Å²) in [6.07, 6.45) is -4.47. The van der Waals surface area contributed by atoms with Crippen LogP contribution in [0.4, 0.5) is 22.0 Å². The van der Waals surface area contributed by atoms with Gasteiger partial charge in [-0.25, -0.2) is 0 Å². The molecular weight excluding hydrogens is 603 g/mol. The van der Waals surface area contributed by atoms with Gasteiger partial charge in [0, 0.05) is 46.1 Å². The van der Waals surface area contributed by atoms with Crippen LogP contribution in [0.15, 0.2) is 66.7 Å². The predicted molar refractivity (Wildman–Crippen MR) is 159 cm³/mol. The maximum absolute atomic E-state index is 13.0. The van der Waals surface area contributed by atoms with Crippen LogP contribution in [0.5, 0.6) is 23.0 Å². The Morgan fingerprint density at radius 3 is 2.25 bits per heavy atom. The molecule has 44 heavy (non-hydrogen) atoms. The molecular formula is C33H37F5O5S. The largest absolute Gasteiger partial charge is 0.508 e. The van der Waals surface area contributed by atoms with E-state index >= 15 is 0 Å². The first-order valence-electron chi connectivity index (χ1n) is 14.5. The van der Waals surface area contributed by atoms with Crippen molar-refractivity contribution in [2.75, 3.05) is 24.7 Å². The average molecular weight is 641 g/mol. The number of phenolic OH excluding ortho intramolecular Hbond substituents is 2. The summed E-state index contributed by atoms with van der Waals surface area (Å²) in [6.45, 7) is 2.85. The Kier molecular flexibility index (Phi) is 10.8. The third-order valence-electron chi connectivity index (χ3n) is 8.14. The van der Waals surface area contributed by atoms with Crippen LogP contribution in [0.25, 0.3) is 0 Å². The normalized spacial score (nSPS) is 19.2. The van der Waals surface area contributed by atoms with E-state index in [-0.39, 0.29) is 40.9 Å². The number of fused-ring (bicyclic) bond motifs is 1. The van der Waals surface area contributed by atoms with Crippen LogP contribution >= 0.6 is 0 Å². The third-order valence-corrected chi connectivity index (χ3v) is 9.63. The molecule has 1 unspecified atom stereocenters. The number of rotatable bonds is 14. The van der Waals surface area contributed by atoms with Crippen molar-refractivity contribution in [1.29, 1.82) is 0 Å². The minimum atomic E-state index is -5.59. The number of halogens is 5. The highest BCUT2D eigenvalue weighted by atomic mass is 32.2. The Balaban J connectivity index is 1.25. The quantitative estimate of drug-likeness (QED) is 0.138. The van der Waals surface area contributed by atoms with Crippen molar-refractivity contribution < 1.29 is 45.8 Å². The Bertz CT molecular complexity index is 1400. The highest BCUT2D eigenvalue weighted by molar-refractivity contribution is 7.84. The van der Waals surface area contributed by atoms with Crippen molar-refractivity contribution in [3.8, 4) is 23.0 Å². The van der Waals surface area contributed by atoms with E-state index < -0.39 is 35.7 Å². The lowest BCUT2D eigenvalue weighted by atomic mass is 9.66. The van der Waals surface area contributed by atoms with Gasteiger partial charge in [-0.3, -0.25) is 4.21 Å². The Morgan fingerprint density at radius 2 is 1.57 bits per heavy atom. The van der Waals surface area contributed by atoms with Gasteiger partial charge in [-0.05, 0) is 79.1 Å². The summed E-state index contributed by atoms with van der Waals surface area (Å²) in [5, 5.41) is 19.8. The van der Waals surface area contributed by atoms with Crippen molar-refractivity contribution >= 4 is 10.8 Å². The van der Waals surface area contributed by atoms with Crippen LogP contribution in [-0.2, 0) is 22.6 Å². The molecule has 2 N–H and O–H groups in total. The molecule has 3 aromatic carbocycles. The first-order valence-corrected chi connectivity index (χ1v) is 16.0. The smallest absolute Gasteiger partial charge is 0.453 e. The van der Waals surface area contributed by atoms with Gasteiger partial charge in [0.15, 0.2) is 0 Å². The standard InChI is InChI=1S/C33H37F5O5S/c1-31(24-9-11-25(39)12-10-24)22-43-30-21-26(40)13-16-28(30)29(31)6-2-5-23-7-14-27(15-8-23)42-18-4-20-44(41)19-3-17-32(34,35)33(36,37)38/h7-16,21,29,39-40H,2-6,17-20,22H2,1H3/t29-,31-,44?/m1/s1. The molecule has 0 bridgehead atoms. The molecule has 0 saturated carbocycles. The van der Waals surface area contributed by atoms with E-state index in [1.807, 2.05) is 42.5 Å². The van der Waals surface area contributed by atoms with Crippen LogP contribution in [0, 0.1) is 0 Å². The lowest BCUT2D eigenvalue weighted by Crippen LogP contribution is -2.40. The second-order valence-corrected chi connectivity index (χ2v) is 13.1. The van der Waals surface area contributed by atoms with Gasteiger partial charge in [-0.15, -0.1) is 0 Å². The molecule has 3 atom stereocenters. The topological polar surface area (TPSA) is 76.0 Å². The van der Waals surface area contributed by atoms with Crippen LogP contribution in [0.3, 0.4) is 0 Å². The zero-order valence-electron chi connectivity index (χ0n) is 24.4. The Hall–Kier alpha value is -3.34. The zero-order chi connectivity index (χ0) is 32.0. The van der Waals surface area contributed by atoms with Gasteiger partial charge in [0.2, 0.25) is 0 Å². The number of hydrogen-bond acceptors (Lipinski definition) is 5. The average Bonchev–Trinajstić information content (AvgIpc) is 2.97. The number of hydrogen-bond donors (Lipinski definition) is 2. The molecule has 1 heterocycles. The molecule has 1 aliphatic rings. The van der Waals surface area contributed by atoms with E-state index in [0.717, 1.165) is 36.0 Å². The minimum Gasteiger partial charge on any atom is -0.508 e. The first kappa shape index (κ1) is 33.6.